The molecule has 1 aromatic heterocycles. The Hall–Kier alpha value is -2.22. The quantitative estimate of drug-likeness (QED) is 0.874. The molecular weight excluding hydrogens is 282 g/mol. The van der Waals surface area contributed by atoms with E-state index in [0.717, 1.165) is 6.26 Å². The second kappa shape index (κ2) is 5.04. The second-order valence-corrected chi connectivity index (χ2v) is 6.11. The highest BCUT2D eigenvalue weighted by atomic mass is 32.2. The molecule has 108 valence electrons. The van der Waals surface area contributed by atoms with Crippen molar-refractivity contribution in [1.82, 2.24) is 10.2 Å². The molecule has 3 N–H and O–H groups in total. The molecular formula is C12H15N3O4S. The van der Waals surface area contributed by atoms with Gasteiger partial charge in [0.2, 0.25) is 0 Å². The highest BCUT2D eigenvalue weighted by Gasteiger charge is 2.25. The molecule has 2 rings (SSSR count). The molecule has 8 heteroatoms. The van der Waals surface area contributed by atoms with Gasteiger partial charge in [0, 0.05) is 12.3 Å². The first-order valence-corrected chi connectivity index (χ1v) is 7.54. The fourth-order valence-electron chi connectivity index (χ4n) is 1.96. The van der Waals surface area contributed by atoms with E-state index in [-0.39, 0.29) is 16.5 Å². The maximum Gasteiger partial charge on any atom is 0.179 e. The van der Waals surface area contributed by atoms with Gasteiger partial charge in [-0.15, -0.1) is 0 Å². The van der Waals surface area contributed by atoms with Crippen LogP contribution in [0.2, 0.25) is 0 Å². The third-order valence-electron chi connectivity index (χ3n) is 2.76. The summed E-state index contributed by atoms with van der Waals surface area (Å²) < 4.78 is 34.5. The minimum Gasteiger partial charge on any atom is -0.496 e. The Morgan fingerprint density at radius 3 is 2.25 bits per heavy atom. The molecule has 0 saturated heterocycles. The van der Waals surface area contributed by atoms with E-state index in [4.69, 9.17) is 15.2 Å². The number of aromatic nitrogens is 2. The molecule has 0 bridgehead atoms. The smallest absolute Gasteiger partial charge is 0.179 e. The topological polar surface area (TPSA) is 107 Å². The third kappa shape index (κ3) is 2.42. The summed E-state index contributed by atoms with van der Waals surface area (Å²) in [6, 6.07) is 4.70. The van der Waals surface area contributed by atoms with Gasteiger partial charge in [0.15, 0.2) is 9.84 Å². The number of anilines is 1. The van der Waals surface area contributed by atoms with Crippen LogP contribution in [0.25, 0.3) is 11.3 Å². The maximum atomic E-state index is 12.1. The summed E-state index contributed by atoms with van der Waals surface area (Å²) in [5.41, 5.74) is 6.36. The Kier molecular flexibility index (Phi) is 3.58. The average Bonchev–Trinajstić information content (AvgIpc) is 2.82. The molecule has 0 saturated carbocycles. The van der Waals surface area contributed by atoms with E-state index in [0.29, 0.717) is 17.0 Å². The number of rotatable bonds is 4. The number of hydrogen-bond donors (Lipinski definition) is 2. The molecule has 0 aliphatic heterocycles. The van der Waals surface area contributed by atoms with E-state index in [2.05, 4.69) is 10.2 Å². The Labute approximate surface area is 116 Å². The summed E-state index contributed by atoms with van der Waals surface area (Å²) in [7, 11) is -0.682. The standard InChI is InChI=1S/C12H15N3O4S/c1-18-8-4-5-9(19-2)12(20(3,16)17)11(8)7-6-10(13)15-14-7/h4-6H,1-3H3,(H3,13,14,15). The van der Waals surface area contributed by atoms with Crippen LogP contribution in [0.1, 0.15) is 0 Å². The SMILES string of the molecule is COc1ccc(OC)c(S(C)(=O)=O)c1-c1cc(N)n[nH]1. The average molecular weight is 297 g/mol. The van der Waals surface area contributed by atoms with Crippen molar-refractivity contribution in [1.29, 1.82) is 0 Å². The Morgan fingerprint density at radius 1 is 1.20 bits per heavy atom. The zero-order chi connectivity index (χ0) is 14.9. The van der Waals surface area contributed by atoms with E-state index in [1.165, 1.54) is 20.3 Å². The number of methoxy groups -OCH3 is 2. The maximum absolute atomic E-state index is 12.1. The molecule has 2 aromatic rings. The predicted octanol–water partition coefficient (Wildman–Crippen LogP) is 1.08. The summed E-state index contributed by atoms with van der Waals surface area (Å²) in [5, 5.41) is 6.49. The van der Waals surface area contributed by atoms with Crippen molar-refractivity contribution in [3.05, 3.63) is 18.2 Å². The number of H-pyrrole nitrogens is 1. The van der Waals surface area contributed by atoms with Gasteiger partial charge in [-0.25, -0.2) is 8.42 Å². The van der Waals surface area contributed by atoms with Crippen LogP contribution >= 0.6 is 0 Å². The third-order valence-corrected chi connectivity index (χ3v) is 3.91. The molecule has 0 radical (unpaired) electrons. The van der Waals surface area contributed by atoms with Crippen LogP contribution in [0.4, 0.5) is 5.82 Å². The highest BCUT2D eigenvalue weighted by Crippen LogP contribution is 2.40. The van der Waals surface area contributed by atoms with Crippen LogP contribution in [0.3, 0.4) is 0 Å². The van der Waals surface area contributed by atoms with Crippen LogP contribution in [0, 0.1) is 0 Å². The van der Waals surface area contributed by atoms with E-state index in [1.807, 2.05) is 0 Å². The van der Waals surface area contributed by atoms with E-state index in [9.17, 15) is 8.42 Å². The fourth-order valence-corrected chi connectivity index (χ4v) is 3.06. The van der Waals surface area contributed by atoms with Gasteiger partial charge in [0.25, 0.3) is 0 Å². The Morgan fingerprint density at radius 2 is 1.80 bits per heavy atom. The van der Waals surface area contributed by atoms with Gasteiger partial charge in [-0.2, -0.15) is 5.10 Å². The number of nitrogens with two attached hydrogens (primary N) is 1. The zero-order valence-electron chi connectivity index (χ0n) is 11.3. The predicted molar refractivity (Wildman–Crippen MR) is 74.6 cm³/mol. The van der Waals surface area contributed by atoms with Crippen LogP contribution in [0.5, 0.6) is 11.5 Å². The van der Waals surface area contributed by atoms with Gasteiger partial charge in [0.1, 0.15) is 22.2 Å². The van der Waals surface area contributed by atoms with Crippen molar-refractivity contribution < 1.29 is 17.9 Å². The summed E-state index contributed by atoms with van der Waals surface area (Å²) in [5.74, 6) is 0.871. The van der Waals surface area contributed by atoms with Crippen molar-refractivity contribution in [2.24, 2.45) is 0 Å². The summed E-state index contributed by atoms with van der Waals surface area (Å²) in [4.78, 5) is 0.0306. The van der Waals surface area contributed by atoms with Crippen molar-refractivity contribution >= 4 is 15.7 Å². The molecule has 1 heterocycles. The lowest BCUT2D eigenvalue weighted by molar-refractivity contribution is 0.394. The molecule has 0 fully saturated rings. The first kappa shape index (κ1) is 14.2. The Bertz CT molecular complexity index is 737. The van der Waals surface area contributed by atoms with Crippen molar-refractivity contribution in [3.8, 4) is 22.8 Å². The van der Waals surface area contributed by atoms with Crippen molar-refractivity contribution in [2.45, 2.75) is 4.90 Å². The number of aromatic amines is 1. The minimum absolute atomic E-state index is 0.0306. The summed E-state index contributed by atoms with van der Waals surface area (Å²) in [6.07, 6.45) is 1.10. The van der Waals surface area contributed by atoms with E-state index >= 15 is 0 Å². The lowest BCUT2D eigenvalue weighted by Gasteiger charge is -2.14. The highest BCUT2D eigenvalue weighted by molar-refractivity contribution is 7.91. The number of nitrogens with one attached hydrogen (secondary N) is 1. The van der Waals surface area contributed by atoms with Gasteiger partial charge in [0.05, 0.1) is 25.5 Å². The zero-order valence-corrected chi connectivity index (χ0v) is 12.1. The molecule has 0 atom stereocenters. The van der Waals surface area contributed by atoms with Crippen LogP contribution < -0.4 is 15.2 Å². The van der Waals surface area contributed by atoms with E-state index in [1.54, 1.807) is 12.1 Å². The largest absolute Gasteiger partial charge is 0.496 e. The van der Waals surface area contributed by atoms with Crippen molar-refractivity contribution in [2.75, 3.05) is 26.2 Å². The van der Waals surface area contributed by atoms with Crippen LogP contribution in [-0.2, 0) is 9.84 Å². The van der Waals surface area contributed by atoms with Crippen LogP contribution in [-0.4, -0.2) is 39.1 Å². The first-order chi connectivity index (χ1) is 9.38. The number of nitrogens with zero attached hydrogens (tertiary/aromatic N) is 1. The van der Waals surface area contributed by atoms with Gasteiger partial charge in [-0.1, -0.05) is 0 Å². The fraction of sp³-hybridized carbons (Fsp3) is 0.250. The molecule has 7 nitrogen and oxygen atoms in total. The summed E-state index contributed by atoms with van der Waals surface area (Å²) >= 11 is 0. The molecule has 0 amide bonds. The molecule has 20 heavy (non-hydrogen) atoms. The number of sulfone groups is 1. The van der Waals surface area contributed by atoms with Crippen molar-refractivity contribution in [3.63, 3.8) is 0 Å². The van der Waals surface area contributed by atoms with Gasteiger partial charge >= 0.3 is 0 Å². The number of hydrogen-bond acceptors (Lipinski definition) is 6. The van der Waals surface area contributed by atoms with Gasteiger partial charge in [-0.05, 0) is 12.1 Å². The normalized spacial score (nSPS) is 11.3. The first-order valence-electron chi connectivity index (χ1n) is 5.64. The monoisotopic (exact) mass is 297 g/mol. The molecule has 0 spiro atoms. The van der Waals surface area contributed by atoms with Gasteiger partial charge in [-0.3, -0.25) is 5.10 Å². The lowest BCUT2D eigenvalue weighted by Crippen LogP contribution is -2.05. The van der Waals surface area contributed by atoms with E-state index < -0.39 is 9.84 Å². The Balaban J connectivity index is 2.88. The molecule has 0 aliphatic rings. The molecule has 1 aromatic carbocycles. The number of nitrogen functional groups attached to an aromatic ring is 1. The summed E-state index contributed by atoms with van der Waals surface area (Å²) in [6.45, 7) is 0. The molecule has 0 unspecified atom stereocenters. The minimum atomic E-state index is -3.54. The molecule has 0 aliphatic carbocycles. The number of ether oxygens (including phenoxy) is 2. The second-order valence-electron chi connectivity index (χ2n) is 4.15. The lowest BCUT2D eigenvalue weighted by atomic mass is 10.1. The van der Waals surface area contributed by atoms with Gasteiger partial charge < -0.3 is 15.2 Å². The van der Waals surface area contributed by atoms with Crippen LogP contribution in [0.15, 0.2) is 23.1 Å². The number of benzene rings is 1.